The summed E-state index contributed by atoms with van der Waals surface area (Å²) in [5, 5.41) is 11.6. The molecule has 0 saturated heterocycles. The van der Waals surface area contributed by atoms with E-state index in [-0.39, 0.29) is 0 Å². The van der Waals surface area contributed by atoms with E-state index < -0.39 is 0 Å². The minimum Gasteiger partial charge on any atom is -0.469 e. The summed E-state index contributed by atoms with van der Waals surface area (Å²) in [6.45, 7) is 0.689. The van der Waals surface area contributed by atoms with Crippen molar-refractivity contribution in [1.82, 2.24) is 29.9 Å². The number of anilines is 1. The maximum absolute atomic E-state index is 5.40. The first-order chi connectivity index (χ1) is 14.7. The van der Waals surface area contributed by atoms with E-state index in [1.807, 2.05) is 31.4 Å². The Morgan fingerprint density at radius 3 is 2.77 bits per heavy atom. The Bertz CT molecular complexity index is 1250. The smallest absolute Gasteiger partial charge is 0.159 e. The van der Waals surface area contributed by atoms with Crippen LogP contribution in [-0.4, -0.2) is 29.9 Å². The monoisotopic (exact) mass is 399 g/mol. The van der Waals surface area contributed by atoms with Crippen molar-refractivity contribution in [2.75, 3.05) is 5.32 Å². The van der Waals surface area contributed by atoms with Gasteiger partial charge in [0.05, 0.1) is 18.1 Å². The second kappa shape index (κ2) is 7.82. The van der Waals surface area contributed by atoms with Crippen LogP contribution >= 0.6 is 0 Å². The molecular formula is C22H21N7O. The predicted molar refractivity (Wildman–Crippen MR) is 114 cm³/mol. The molecule has 0 saturated carbocycles. The average molecular weight is 399 g/mol. The van der Waals surface area contributed by atoms with Crippen LogP contribution in [0.2, 0.25) is 0 Å². The minimum absolute atomic E-state index is 0.689. The Morgan fingerprint density at radius 1 is 1.10 bits per heavy atom. The van der Waals surface area contributed by atoms with Crippen LogP contribution in [0.5, 0.6) is 0 Å². The van der Waals surface area contributed by atoms with E-state index in [0.717, 1.165) is 52.5 Å². The fraction of sp³-hybridized carbons (Fsp3) is 0.182. The Morgan fingerprint density at radius 2 is 2.00 bits per heavy atom. The molecule has 8 nitrogen and oxygen atoms in total. The SMILES string of the molecule is Cn1cc(-c2ccc(CNc3ccnc4[nH]c(CCc5ccco5)nc34)cc2)nn1. The van der Waals surface area contributed by atoms with Crippen molar-refractivity contribution in [2.45, 2.75) is 19.4 Å². The predicted octanol–water partition coefficient (Wildman–Crippen LogP) is 3.74. The lowest BCUT2D eigenvalue weighted by Gasteiger charge is -2.07. The minimum atomic E-state index is 0.689. The summed E-state index contributed by atoms with van der Waals surface area (Å²) in [5.41, 5.74) is 5.67. The van der Waals surface area contributed by atoms with Gasteiger partial charge in [-0.15, -0.1) is 5.10 Å². The summed E-state index contributed by atoms with van der Waals surface area (Å²) >= 11 is 0. The number of nitrogens with one attached hydrogen (secondary N) is 2. The van der Waals surface area contributed by atoms with E-state index in [2.05, 4.69) is 49.9 Å². The molecule has 8 heteroatoms. The highest BCUT2D eigenvalue weighted by Crippen LogP contribution is 2.22. The quantitative estimate of drug-likeness (QED) is 0.433. The molecule has 0 aliphatic rings. The Kier molecular flexibility index (Phi) is 4.72. The van der Waals surface area contributed by atoms with Gasteiger partial charge in [0, 0.05) is 38.2 Å². The number of nitrogens with zero attached hydrogens (tertiary/aromatic N) is 5. The van der Waals surface area contributed by atoms with Crippen LogP contribution in [0.15, 0.2) is 65.5 Å². The molecule has 5 rings (SSSR count). The molecule has 30 heavy (non-hydrogen) atoms. The van der Waals surface area contributed by atoms with Gasteiger partial charge in [-0.05, 0) is 23.8 Å². The van der Waals surface area contributed by atoms with E-state index >= 15 is 0 Å². The van der Waals surface area contributed by atoms with Gasteiger partial charge in [0.2, 0.25) is 0 Å². The molecule has 0 unspecified atom stereocenters. The fourth-order valence-electron chi connectivity index (χ4n) is 3.39. The van der Waals surface area contributed by atoms with Gasteiger partial charge in [-0.25, -0.2) is 9.97 Å². The number of rotatable bonds is 7. The normalized spacial score (nSPS) is 11.2. The van der Waals surface area contributed by atoms with Crippen molar-refractivity contribution in [3.8, 4) is 11.3 Å². The highest BCUT2D eigenvalue weighted by Gasteiger charge is 2.10. The number of benzene rings is 1. The number of aromatic amines is 1. The van der Waals surface area contributed by atoms with Gasteiger partial charge in [-0.3, -0.25) is 4.68 Å². The average Bonchev–Trinajstić information content (AvgIpc) is 3.51. The molecule has 0 spiro atoms. The molecule has 150 valence electrons. The van der Waals surface area contributed by atoms with Crippen molar-refractivity contribution in [3.05, 3.63) is 78.3 Å². The van der Waals surface area contributed by atoms with Gasteiger partial charge in [0.25, 0.3) is 0 Å². The Balaban J connectivity index is 1.28. The molecule has 4 heterocycles. The zero-order valence-corrected chi connectivity index (χ0v) is 16.5. The molecule has 0 aliphatic heterocycles. The molecule has 4 aromatic heterocycles. The second-order valence-electron chi connectivity index (χ2n) is 7.15. The summed E-state index contributed by atoms with van der Waals surface area (Å²) in [5.74, 6) is 1.85. The molecule has 0 aliphatic carbocycles. The van der Waals surface area contributed by atoms with Crippen LogP contribution in [-0.2, 0) is 26.4 Å². The van der Waals surface area contributed by atoms with Crippen molar-refractivity contribution < 1.29 is 4.42 Å². The molecule has 0 fully saturated rings. The van der Waals surface area contributed by atoms with Crippen molar-refractivity contribution in [3.63, 3.8) is 0 Å². The molecule has 1 aromatic carbocycles. The molecular weight excluding hydrogens is 378 g/mol. The van der Waals surface area contributed by atoms with Gasteiger partial charge in [0.1, 0.15) is 22.8 Å². The van der Waals surface area contributed by atoms with Crippen LogP contribution < -0.4 is 5.32 Å². The first-order valence-electron chi connectivity index (χ1n) is 9.80. The molecule has 5 aromatic rings. The van der Waals surface area contributed by atoms with Gasteiger partial charge >= 0.3 is 0 Å². The van der Waals surface area contributed by atoms with Gasteiger partial charge < -0.3 is 14.7 Å². The molecule has 0 atom stereocenters. The summed E-state index contributed by atoms with van der Waals surface area (Å²) in [4.78, 5) is 12.5. The number of furan rings is 1. The summed E-state index contributed by atoms with van der Waals surface area (Å²) in [6.07, 6.45) is 6.95. The lowest BCUT2D eigenvalue weighted by atomic mass is 10.1. The Hall–Kier alpha value is -3.94. The van der Waals surface area contributed by atoms with Crippen molar-refractivity contribution in [1.29, 1.82) is 0 Å². The summed E-state index contributed by atoms with van der Waals surface area (Å²) < 4.78 is 7.10. The lowest BCUT2D eigenvalue weighted by Crippen LogP contribution is -2.00. The van der Waals surface area contributed by atoms with Crippen LogP contribution in [0.3, 0.4) is 0 Å². The number of imidazole rings is 1. The van der Waals surface area contributed by atoms with E-state index in [1.54, 1.807) is 17.1 Å². The van der Waals surface area contributed by atoms with Crippen molar-refractivity contribution >= 4 is 16.9 Å². The topological polar surface area (TPSA) is 97.5 Å². The first kappa shape index (κ1) is 18.1. The third-order valence-corrected chi connectivity index (χ3v) is 4.96. The first-order valence-corrected chi connectivity index (χ1v) is 9.80. The third-order valence-electron chi connectivity index (χ3n) is 4.96. The van der Waals surface area contributed by atoms with E-state index in [1.165, 1.54) is 5.56 Å². The largest absolute Gasteiger partial charge is 0.469 e. The Labute approximate surface area is 173 Å². The van der Waals surface area contributed by atoms with Crippen LogP contribution in [0.4, 0.5) is 5.69 Å². The fourth-order valence-corrected chi connectivity index (χ4v) is 3.39. The van der Waals surface area contributed by atoms with Gasteiger partial charge in [-0.1, -0.05) is 29.5 Å². The lowest BCUT2D eigenvalue weighted by molar-refractivity contribution is 0.507. The van der Waals surface area contributed by atoms with Crippen LogP contribution in [0.25, 0.3) is 22.4 Å². The number of pyridine rings is 1. The molecule has 2 N–H and O–H groups in total. The molecule has 0 bridgehead atoms. The number of hydrogen-bond donors (Lipinski definition) is 2. The van der Waals surface area contributed by atoms with E-state index in [0.29, 0.717) is 6.54 Å². The summed E-state index contributed by atoms with van der Waals surface area (Å²) in [6, 6.07) is 14.1. The maximum Gasteiger partial charge on any atom is 0.159 e. The molecule has 0 amide bonds. The van der Waals surface area contributed by atoms with Gasteiger partial charge in [0.15, 0.2) is 5.65 Å². The zero-order chi connectivity index (χ0) is 20.3. The second-order valence-corrected chi connectivity index (χ2v) is 7.15. The number of aromatic nitrogens is 6. The van der Waals surface area contributed by atoms with Crippen LogP contribution in [0.1, 0.15) is 17.1 Å². The number of hydrogen-bond acceptors (Lipinski definition) is 6. The van der Waals surface area contributed by atoms with Crippen molar-refractivity contribution in [2.24, 2.45) is 7.05 Å². The number of aryl methyl sites for hydroxylation is 3. The number of fused-ring (bicyclic) bond motifs is 1. The standard InChI is InChI=1S/C22H21N7O/c1-29-14-19(27-28-29)16-6-4-15(5-7-16)13-24-18-10-11-23-22-21(18)25-20(26-22)9-8-17-3-2-12-30-17/h2-7,10-12,14H,8-9,13H2,1H3,(H2,23,24,25,26). The highest BCUT2D eigenvalue weighted by molar-refractivity contribution is 5.85. The summed E-state index contributed by atoms with van der Waals surface area (Å²) in [7, 11) is 1.86. The van der Waals surface area contributed by atoms with Crippen LogP contribution in [0, 0.1) is 0 Å². The van der Waals surface area contributed by atoms with Gasteiger partial charge in [-0.2, -0.15) is 0 Å². The van der Waals surface area contributed by atoms with E-state index in [9.17, 15) is 0 Å². The number of H-pyrrole nitrogens is 1. The highest BCUT2D eigenvalue weighted by atomic mass is 16.3. The third kappa shape index (κ3) is 3.80. The van der Waals surface area contributed by atoms with E-state index in [4.69, 9.17) is 9.40 Å². The maximum atomic E-state index is 5.40. The molecule has 0 radical (unpaired) electrons. The zero-order valence-electron chi connectivity index (χ0n) is 16.5.